The Hall–Kier alpha value is -2.08. The molecule has 1 heterocycles. The number of hydrogen-bond donors (Lipinski definition) is 2. The molecule has 0 bridgehead atoms. The summed E-state index contributed by atoms with van der Waals surface area (Å²) in [7, 11) is 1.49. The fourth-order valence-electron chi connectivity index (χ4n) is 2.89. The third kappa shape index (κ3) is 3.57. The zero-order valence-electron chi connectivity index (χ0n) is 13.1. The van der Waals surface area contributed by atoms with Crippen molar-refractivity contribution in [3.63, 3.8) is 0 Å². The highest BCUT2D eigenvalue weighted by Crippen LogP contribution is 2.20. The molecule has 1 aromatic carbocycles. The van der Waals surface area contributed by atoms with E-state index in [1.807, 2.05) is 0 Å². The molecule has 6 nitrogen and oxygen atoms in total. The Morgan fingerprint density at radius 3 is 2.86 bits per heavy atom. The molecule has 1 aliphatic rings. The zero-order valence-corrected chi connectivity index (χ0v) is 13.1. The molecule has 0 aliphatic carbocycles. The van der Waals surface area contributed by atoms with Crippen LogP contribution in [-0.4, -0.2) is 49.5 Å². The molecular weight excluding hydrogens is 282 g/mol. The van der Waals surface area contributed by atoms with Crippen molar-refractivity contribution in [3.05, 3.63) is 29.3 Å². The number of ether oxygens (including phenoxy) is 1. The molecule has 3 N–H and O–H groups in total. The van der Waals surface area contributed by atoms with Crippen LogP contribution in [0.4, 0.5) is 0 Å². The summed E-state index contributed by atoms with van der Waals surface area (Å²) in [4.78, 5) is 26.0. The van der Waals surface area contributed by atoms with Crippen LogP contribution < -0.4 is 15.8 Å². The molecule has 0 saturated carbocycles. The van der Waals surface area contributed by atoms with Crippen LogP contribution in [0.5, 0.6) is 5.75 Å². The van der Waals surface area contributed by atoms with E-state index in [0.29, 0.717) is 29.5 Å². The van der Waals surface area contributed by atoms with E-state index in [0.717, 1.165) is 25.9 Å². The van der Waals surface area contributed by atoms with Gasteiger partial charge in [0.15, 0.2) is 0 Å². The first-order valence-corrected chi connectivity index (χ1v) is 7.57. The van der Waals surface area contributed by atoms with Gasteiger partial charge in [0.1, 0.15) is 5.75 Å². The van der Waals surface area contributed by atoms with Crippen molar-refractivity contribution in [3.8, 4) is 5.75 Å². The van der Waals surface area contributed by atoms with Gasteiger partial charge >= 0.3 is 0 Å². The molecule has 2 rings (SSSR count). The number of carbonyl (C=O) groups is 2. The Balaban J connectivity index is 2.08. The van der Waals surface area contributed by atoms with E-state index in [-0.39, 0.29) is 5.91 Å². The summed E-state index contributed by atoms with van der Waals surface area (Å²) in [6.07, 6.45) is 2.25. The molecule has 0 spiro atoms. The molecule has 1 saturated heterocycles. The maximum atomic E-state index is 12.4. The van der Waals surface area contributed by atoms with Gasteiger partial charge < -0.3 is 15.8 Å². The quantitative estimate of drug-likeness (QED) is 0.821. The number of primary amides is 1. The molecule has 6 heteroatoms. The number of likely N-dealkylation sites (tertiary alicyclic amines) is 1. The number of likely N-dealkylation sites (N-methyl/N-ethyl adjacent to an activating group) is 1. The lowest BCUT2D eigenvalue weighted by molar-refractivity contribution is 0.0938. The van der Waals surface area contributed by atoms with Crippen molar-refractivity contribution in [2.24, 2.45) is 5.73 Å². The van der Waals surface area contributed by atoms with E-state index < -0.39 is 5.91 Å². The SMILES string of the molecule is CCN1CCCC1CNC(=O)c1cc(C(N)=O)ccc1OC. The molecule has 0 aromatic heterocycles. The van der Waals surface area contributed by atoms with E-state index in [1.165, 1.54) is 13.2 Å². The third-order valence-corrected chi connectivity index (χ3v) is 4.13. The lowest BCUT2D eigenvalue weighted by Gasteiger charge is -2.23. The van der Waals surface area contributed by atoms with E-state index in [1.54, 1.807) is 12.1 Å². The lowest BCUT2D eigenvalue weighted by Crippen LogP contribution is -2.40. The van der Waals surface area contributed by atoms with Crippen molar-refractivity contribution in [1.82, 2.24) is 10.2 Å². The van der Waals surface area contributed by atoms with Gasteiger partial charge in [-0.3, -0.25) is 14.5 Å². The minimum Gasteiger partial charge on any atom is -0.496 e. The first-order chi connectivity index (χ1) is 10.6. The molecule has 1 aromatic rings. The summed E-state index contributed by atoms with van der Waals surface area (Å²) in [6, 6.07) is 4.98. The topological polar surface area (TPSA) is 84.7 Å². The highest BCUT2D eigenvalue weighted by Gasteiger charge is 2.24. The smallest absolute Gasteiger partial charge is 0.255 e. The van der Waals surface area contributed by atoms with Gasteiger partial charge in [-0.25, -0.2) is 0 Å². The van der Waals surface area contributed by atoms with Gasteiger partial charge in [-0.15, -0.1) is 0 Å². The summed E-state index contributed by atoms with van der Waals surface area (Å²) in [5, 5.41) is 2.93. The maximum absolute atomic E-state index is 12.4. The Kier molecular flexibility index (Phi) is 5.38. The van der Waals surface area contributed by atoms with Crippen LogP contribution in [0.15, 0.2) is 18.2 Å². The van der Waals surface area contributed by atoms with E-state index in [2.05, 4.69) is 17.1 Å². The van der Waals surface area contributed by atoms with Gasteiger partial charge in [0.05, 0.1) is 12.7 Å². The average Bonchev–Trinajstić information content (AvgIpc) is 2.99. The number of carbonyl (C=O) groups excluding carboxylic acids is 2. The van der Waals surface area contributed by atoms with Crippen LogP contribution in [0.2, 0.25) is 0 Å². The molecule has 1 aliphatic heterocycles. The average molecular weight is 305 g/mol. The van der Waals surface area contributed by atoms with Gasteiger partial charge in [-0.05, 0) is 44.1 Å². The second-order valence-electron chi connectivity index (χ2n) is 5.41. The standard InChI is InChI=1S/C16H23N3O3/c1-3-19-8-4-5-12(19)10-18-16(21)13-9-11(15(17)20)6-7-14(13)22-2/h6-7,9,12H,3-5,8,10H2,1-2H3,(H2,17,20)(H,18,21). The van der Waals surface area contributed by atoms with E-state index >= 15 is 0 Å². The monoisotopic (exact) mass is 305 g/mol. The predicted octanol–water partition coefficient (Wildman–Crippen LogP) is 1.01. The number of amides is 2. The molecule has 1 unspecified atom stereocenters. The van der Waals surface area contributed by atoms with Crippen LogP contribution >= 0.6 is 0 Å². The Morgan fingerprint density at radius 1 is 1.45 bits per heavy atom. The number of nitrogens with two attached hydrogens (primary N) is 1. The highest BCUT2D eigenvalue weighted by molar-refractivity contribution is 6.01. The Morgan fingerprint density at radius 2 is 2.23 bits per heavy atom. The second-order valence-corrected chi connectivity index (χ2v) is 5.41. The summed E-state index contributed by atoms with van der Waals surface area (Å²) in [6.45, 7) is 4.79. The van der Waals surface area contributed by atoms with Crippen LogP contribution in [0.25, 0.3) is 0 Å². The van der Waals surface area contributed by atoms with Crippen molar-refractivity contribution in [2.75, 3.05) is 26.7 Å². The van der Waals surface area contributed by atoms with Gasteiger partial charge in [0, 0.05) is 18.2 Å². The molecule has 0 radical (unpaired) electrons. The number of benzene rings is 1. The van der Waals surface area contributed by atoms with Crippen molar-refractivity contribution in [1.29, 1.82) is 0 Å². The minimum atomic E-state index is -0.565. The molecule has 22 heavy (non-hydrogen) atoms. The third-order valence-electron chi connectivity index (χ3n) is 4.13. The summed E-state index contributed by atoms with van der Waals surface area (Å²) in [5.74, 6) is -0.381. The van der Waals surface area contributed by atoms with Crippen molar-refractivity contribution in [2.45, 2.75) is 25.8 Å². The van der Waals surface area contributed by atoms with Crippen molar-refractivity contribution < 1.29 is 14.3 Å². The van der Waals surface area contributed by atoms with Gasteiger partial charge in [-0.1, -0.05) is 6.92 Å². The fraction of sp³-hybridized carbons (Fsp3) is 0.500. The van der Waals surface area contributed by atoms with Crippen LogP contribution in [0, 0.1) is 0 Å². The van der Waals surface area contributed by atoms with Gasteiger partial charge in [-0.2, -0.15) is 0 Å². The first kappa shape index (κ1) is 16.3. The number of methoxy groups -OCH3 is 1. The highest BCUT2D eigenvalue weighted by atomic mass is 16.5. The number of hydrogen-bond acceptors (Lipinski definition) is 4. The summed E-state index contributed by atoms with van der Waals surface area (Å²) >= 11 is 0. The predicted molar refractivity (Wildman–Crippen MR) is 84.1 cm³/mol. The Bertz CT molecular complexity index is 560. The minimum absolute atomic E-state index is 0.247. The van der Waals surface area contributed by atoms with Crippen LogP contribution in [-0.2, 0) is 0 Å². The van der Waals surface area contributed by atoms with Gasteiger partial charge in [0.2, 0.25) is 5.91 Å². The summed E-state index contributed by atoms with van der Waals surface area (Å²) < 4.78 is 5.19. The molecule has 2 amide bonds. The lowest BCUT2D eigenvalue weighted by atomic mass is 10.1. The fourth-order valence-corrected chi connectivity index (χ4v) is 2.89. The summed E-state index contributed by atoms with van der Waals surface area (Å²) in [5.41, 5.74) is 5.89. The maximum Gasteiger partial charge on any atom is 0.255 e. The van der Waals surface area contributed by atoms with Crippen LogP contribution in [0.3, 0.4) is 0 Å². The van der Waals surface area contributed by atoms with Crippen molar-refractivity contribution >= 4 is 11.8 Å². The first-order valence-electron chi connectivity index (χ1n) is 7.57. The molecule has 1 fully saturated rings. The second kappa shape index (κ2) is 7.26. The molecule has 120 valence electrons. The molecule has 1 atom stereocenters. The zero-order chi connectivity index (χ0) is 16.1. The normalized spacial score (nSPS) is 18.2. The number of nitrogens with one attached hydrogen (secondary N) is 1. The number of nitrogens with zero attached hydrogens (tertiary/aromatic N) is 1. The Labute approximate surface area is 130 Å². The van der Waals surface area contributed by atoms with E-state index in [9.17, 15) is 9.59 Å². The molecular formula is C16H23N3O3. The van der Waals surface area contributed by atoms with Crippen LogP contribution in [0.1, 0.15) is 40.5 Å². The number of rotatable bonds is 6. The van der Waals surface area contributed by atoms with E-state index in [4.69, 9.17) is 10.5 Å². The largest absolute Gasteiger partial charge is 0.496 e. The van der Waals surface area contributed by atoms with Gasteiger partial charge in [0.25, 0.3) is 5.91 Å².